The van der Waals surface area contributed by atoms with E-state index in [1.54, 1.807) is 7.05 Å². The Balaban J connectivity index is 2.58. The van der Waals surface area contributed by atoms with Gasteiger partial charge in [-0.2, -0.15) is 0 Å². The number of rotatable bonds is 3. The first-order chi connectivity index (χ1) is 6.13. The van der Waals surface area contributed by atoms with E-state index >= 15 is 0 Å². The smallest absolute Gasteiger partial charge is 0.291 e. The fourth-order valence-corrected chi connectivity index (χ4v) is 0.834. The van der Waals surface area contributed by atoms with Crippen LogP contribution in [0.25, 0.3) is 0 Å². The minimum absolute atomic E-state index is 0.163. The topological polar surface area (TPSA) is 59.8 Å². The van der Waals surface area contributed by atoms with E-state index in [0.717, 1.165) is 6.42 Å². The molecule has 0 spiro atoms. The van der Waals surface area contributed by atoms with Crippen LogP contribution in [0.2, 0.25) is 0 Å². The second-order valence-corrected chi connectivity index (χ2v) is 3.02. The number of aryl methyl sites for hydroxylation is 1. The molecule has 13 heavy (non-hydrogen) atoms. The predicted octanol–water partition coefficient (Wildman–Crippen LogP) is 0.343. The summed E-state index contributed by atoms with van der Waals surface area (Å²) < 4.78 is 1.51. The third kappa shape index (κ3) is 2.54. The maximum Gasteiger partial charge on any atom is 0.291 e. The van der Waals surface area contributed by atoms with Gasteiger partial charge in [0.15, 0.2) is 0 Å². The fourth-order valence-electron chi connectivity index (χ4n) is 0.834. The van der Waals surface area contributed by atoms with E-state index in [-0.39, 0.29) is 17.8 Å². The predicted molar refractivity (Wildman–Crippen MR) is 48.2 cm³/mol. The summed E-state index contributed by atoms with van der Waals surface area (Å²) in [6.45, 7) is 3.96. The van der Waals surface area contributed by atoms with Gasteiger partial charge in [0, 0.05) is 13.1 Å². The van der Waals surface area contributed by atoms with Gasteiger partial charge in [0.2, 0.25) is 5.82 Å². The van der Waals surface area contributed by atoms with Crippen molar-refractivity contribution in [3.05, 3.63) is 12.2 Å². The maximum absolute atomic E-state index is 11.4. The summed E-state index contributed by atoms with van der Waals surface area (Å²) in [4.78, 5) is 15.2. The largest absolute Gasteiger partial charge is 0.347 e. The van der Waals surface area contributed by atoms with Gasteiger partial charge in [0.25, 0.3) is 5.91 Å². The summed E-state index contributed by atoms with van der Waals surface area (Å²) in [6, 6.07) is 0.163. The second kappa shape index (κ2) is 4.02. The van der Waals surface area contributed by atoms with Crippen molar-refractivity contribution in [2.45, 2.75) is 26.3 Å². The minimum Gasteiger partial charge on any atom is -0.347 e. The van der Waals surface area contributed by atoms with Crippen molar-refractivity contribution in [2.24, 2.45) is 7.05 Å². The van der Waals surface area contributed by atoms with Crippen LogP contribution in [0.1, 0.15) is 30.9 Å². The highest BCUT2D eigenvalue weighted by Crippen LogP contribution is 1.92. The first kappa shape index (κ1) is 9.70. The lowest BCUT2D eigenvalue weighted by molar-refractivity contribution is 0.0928. The Morgan fingerprint density at radius 2 is 2.46 bits per heavy atom. The summed E-state index contributed by atoms with van der Waals surface area (Å²) in [6.07, 6.45) is 2.41. The van der Waals surface area contributed by atoms with Crippen LogP contribution in [0.4, 0.5) is 0 Å². The molecule has 0 saturated carbocycles. The molecule has 1 atom stereocenters. The highest BCUT2D eigenvalue weighted by molar-refractivity contribution is 5.90. The van der Waals surface area contributed by atoms with Crippen molar-refractivity contribution < 1.29 is 4.79 Å². The molecule has 1 heterocycles. The van der Waals surface area contributed by atoms with Gasteiger partial charge < -0.3 is 5.32 Å². The molecule has 1 unspecified atom stereocenters. The Morgan fingerprint density at radius 1 is 1.77 bits per heavy atom. The molecule has 1 rings (SSSR count). The summed E-state index contributed by atoms with van der Waals surface area (Å²) in [5.41, 5.74) is 0. The van der Waals surface area contributed by atoms with Crippen LogP contribution in [0.15, 0.2) is 6.33 Å². The van der Waals surface area contributed by atoms with Gasteiger partial charge in [0.1, 0.15) is 6.33 Å². The third-order valence-corrected chi connectivity index (χ3v) is 1.79. The summed E-state index contributed by atoms with van der Waals surface area (Å²) in [7, 11) is 1.73. The molecule has 0 aromatic carbocycles. The normalized spacial score (nSPS) is 12.5. The molecule has 0 bridgehead atoms. The molecule has 0 aliphatic heterocycles. The standard InChI is InChI=1S/C8H14N4O/c1-4-6(2)10-8(13)7-9-5-12(3)11-7/h5-6H,4H2,1-3H3,(H,10,13). The molecule has 5 nitrogen and oxygen atoms in total. The van der Waals surface area contributed by atoms with E-state index in [0.29, 0.717) is 0 Å². The first-order valence-corrected chi connectivity index (χ1v) is 4.30. The van der Waals surface area contributed by atoms with E-state index < -0.39 is 0 Å². The van der Waals surface area contributed by atoms with E-state index in [1.807, 2.05) is 13.8 Å². The monoisotopic (exact) mass is 182 g/mol. The Morgan fingerprint density at radius 3 is 2.92 bits per heavy atom. The number of amides is 1. The maximum atomic E-state index is 11.4. The molecular weight excluding hydrogens is 168 g/mol. The Hall–Kier alpha value is -1.39. The van der Waals surface area contributed by atoms with E-state index in [4.69, 9.17) is 0 Å². The molecule has 1 amide bonds. The Bertz CT molecular complexity index is 294. The SMILES string of the molecule is CCC(C)NC(=O)c1ncn(C)n1. The molecule has 0 saturated heterocycles. The van der Waals surface area contributed by atoms with Gasteiger partial charge in [-0.25, -0.2) is 4.98 Å². The molecular formula is C8H14N4O. The summed E-state index contributed by atoms with van der Waals surface area (Å²) in [5.74, 6) is 0.0118. The van der Waals surface area contributed by atoms with Crippen LogP contribution >= 0.6 is 0 Å². The van der Waals surface area contributed by atoms with Crippen LogP contribution in [0, 0.1) is 0 Å². The Kier molecular flexibility index (Phi) is 3.00. The van der Waals surface area contributed by atoms with Gasteiger partial charge in [0.05, 0.1) is 0 Å². The average molecular weight is 182 g/mol. The van der Waals surface area contributed by atoms with Gasteiger partial charge in [-0.15, -0.1) is 5.10 Å². The average Bonchev–Trinajstić information content (AvgIpc) is 2.51. The van der Waals surface area contributed by atoms with Crippen LogP contribution < -0.4 is 5.32 Å². The van der Waals surface area contributed by atoms with Crippen molar-refractivity contribution in [3.8, 4) is 0 Å². The number of nitrogens with zero attached hydrogens (tertiary/aromatic N) is 3. The van der Waals surface area contributed by atoms with Crippen molar-refractivity contribution in [2.75, 3.05) is 0 Å². The molecule has 1 aromatic heterocycles. The van der Waals surface area contributed by atoms with Crippen molar-refractivity contribution in [1.82, 2.24) is 20.1 Å². The van der Waals surface area contributed by atoms with E-state index in [9.17, 15) is 4.79 Å². The van der Waals surface area contributed by atoms with E-state index in [2.05, 4.69) is 15.4 Å². The lowest BCUT2D eigenvalue weighted by Crippen LogP contribution is -2.32. The first-order valence-electron chi connectivity index (χ1n) is 4.30. The minimum atomic E-state index is -0.213. The zero-order valence-electron chi connectivity index (χ0n) is 8.11. The van der Waals surface area contributed by atoms with Crippen LogP contribution in [0.5, 0.6) is 0 Å². The number of carbonyl (C=O) groups is 1. The van der Waals surface area contributed by atoms with Gasteiger partial charge in [-0.1, -0.05) is 6.92 Å². The zero-order chi connectivity index (χ0) is 9.84. The number of hydrogen-bond donors (Lipinski definition) is 1. The summed E-state index contributed by atoms with van der Waals surface area (Å²) >= 11 is 0. The lowest BCUT2D eigenvalue weighted by atomic mass is 10.2. The van der Waals surface area contributed by atoms with Crippen molar-refractivity contribution >= 4 is 5.91 Å². The zero-order valence-corrected chi connectivity index (χ0v) is 8.11. The molecule has 72 valence electrons. The molecule has 0 fully saturated rings. The van der Waals surface area contributed by atoms with Crippen LogP contribution in [0.3, 0.4) is 0 Å². The van der Waals surface area contributed by atoms with Crippen LogP contribution in [-0.2, 0) is 7.05 Å². The second-order valence-electron chi connectivity index (χ2n) is 3.02. The van der Waals surface area contributed by atoms with Gasteiger partial charge in [-0.05, 0) is 13.3 Å². The highest BCUT2D eigenvalue weighted by atomic mass is 16.2. The van der Waals surface area contributed by atoms with Crippen molar-refractivity contribution in [3.63, 3.8) is 0 Å². The number of aromatic nitrogens is 3. The molecule has 0 radical (unpaired) electrons. The van der Waals surface area contributed by atoms with Gasteiger partial charge >= 0.3 is 0 Å². The molecule has 5 heteroatoms. The number of hydrogen-bond acceptors (Lipinski definition) is 3. The van der Waals surface area contributed by atoms with Crippen molar-refractivity contribution in [1.29, 1.82) is 0 Å². The molecule has 1 aromatic rings. The van der Waals surface area contributed by atoms with Gasteiger partial charge in [-0.3, -0.25) is 9.48 Å². The quantitative estimate of drug-likeness (QED) is 0.733. The third-order valence-electron chi connectivity index (χ3n) is 1.79. The fraction of sp³-hybridized carbons (Fsp3) is 0.625. The number of carbonyl (C=O) groups excluding carboxylic acids is 1. The molecule has 1 N–H and O–H groups in total. The number of nitrogens with one attached hydrogen (secondary N) is 1. The highest BCUT2D eigenvalue weighted by Gasteiger charge is 2.11. The van der Waals surface area contributed by atoms with Crippen LogP contribution in [-0.4, -0.2) is 26.7 Å². The molecule has 0 aliphatic rings. The Labute approximate surface area is 77.2 Å². The lowest BCUT2D eigenvalue weighted by Gasteiger charge is -2.08. The summed E-state index contributed by atoms with van der Waals surface area (Å²) in [5, 5.41) is 6.67. The molecule has 0 aliphatic carbocycles. The van der Waals surface area contributed by atoms with E-state index in [1.165, 1.54) is 11.0 Å².